The Balaban J connectivity index is 3.12. The summed E-state index contributed by atoms with van der Waals surface area (Å²) >= 11 is 0. The first-order valence-corrected chi connectivity index (χ1v) is 6.23. The van der Waals surface area contributed by atoms with Crippen LogP contribution in [0.2, 0.25) is 0 Å². The summed E-state index contributed by atoms with van der Waals surface area (Å²) < 4.78 is 38.1. The number of sulfonamides is 1. The van der Waals surface area contributed by atoms with Crippen LogP contribution in [0.25, 0.3) is 0 Å². The summed E-state index contributed by atoms with van der Waals surface area (Å²) in [5.74, 6) is -0.874. The number of hydrogen-bond acceptors (Lipinski definition) is 4. The maximum atomic E-state index is 13.0. The van der Waals surface area contributed by atoms with Gasteiger partial charge in [-0.1, -0.05) is 0 Å². The van der Waals surface area contributed by atoms with E-state index in [-0.39, 0.29) is 5.69 Å². The molecule has 0 saturated heterocycles. The van der Waals surface area contributed by atoms with E-state index in [1.807, 2.05) is 0 Å². The van der Waals surface area contributed by atoms with Crippen LogP contribution >= 0.6 is 0 Å². The van der Waals surface area contributed by atoms with Gasteiger partial charge >= 0.3 is 0 Å². The van der Waals surface area contributed by atoms with Crippen LogP contribution < -0.4 is 4.72 Å². The molecule has 6 nitrogen and oxygen atoms in total. The average Bonchev–Trinajstić information content (AvgIpc) is 2.15. The molecule has 0 amide bonds. The van der Waals surface area contributed by atoms with E-state index in [1.165, 1.54) is 13.8 Å². The van der Waals surface area contributed by atoms with Crippen molar-refractivity contribution in [1.29, 1.82) is 0 Å². The smallest absolute Gasteiger partial charge is 0.274 e. The third kappa shape index (κ3) is 3.38. The Morgan fingerprint density at radius 1 is 1.35 bits per heavy atom. The molecule has 0 bridgehead atoms. The first kappa shape index (κ1) is 13.4. The minimum absolute atomic E-state index is 0.162. The van der Waals surface area contributed by atoms with Crippen LogP contribution in [0, 0.1) is 15.9 Å². The number of nitrogens with one attached hydrogen (secondary N) is 1. The van der Waals surface area contributed by atoms with Crippen LogP contribution in [0.5, 0.6) is 0 Å². The molecule has 1 N–H and O–H groups in total. The fraction of sp³-hybridized carbons (Fsp3) is 0.333. The Hall–Kier alpha value is -1.70. The molecule has 94 valence electrons. The first-order valence-electron chi connectivity index (χ1n) is 4.69. The number of non-ortho nitro benzene ring substituents is 1. The van der Waals surface area contributed by atoms with Gasteiger partial charge in [0.05, 0.1) is 21.9 Å². The molecule has 1 aromatic rings. The molecule has 0 aliphatic heterocycles. The monoisotopic (exact) mass is 262 g/mol. The summed E-state index contributed by atoms with van der Waals surface area (Å²) in [6.45, 7) is 2.88. The van der Waals surface area contributed by atoms with Crippen molar-refractivity contribution < 1.29 is 17.7 Å². The van der Waals surface area contributed by atoms with Crippen molar-refractivity contribution in [3.05, 3.63) is 34.1 Å². The van der Waals surface area contributed by atoms with Gasteiger partial charge in [0.25, 0.3) is 5.69 Å². The van der Waals surface area contributed by atoms with Crippen molar-refractivity contribution in [3.63, 3.8) is 0 Å². The molecule has 0 heterocycles. The number of rotatable bonds is 4. The van der Waals surface area contributed by atoms with Crippen molar-refractivity contribution in [2.24, 2.45) is 0 Å². The van der Waals surface area contributed by atoms with E-state index in [1.54, 1.807) is 0 Å². The lowest BCUT2D eigenvalue weighted by Gasteiger charge is -2.10. The molecule has 1 rings (SSSR count). The van der Waals surface area contributed by atoms with E-state index in [4.69, 9.17) is 0 Å². The topological polar surface area (TPSA) is 89.3 Å². The molecule has 1 aromatic carbocycles. The third-order valence-corrected chi connectivity index (χ3v) is 3.74. The summed E-state index contributed by atoms with van der Waals surface area (Å²) in [5, 5.41) is 9.75. The Bertz CT molecular complexity index is 542. The third-order valence-electron chi connectivity index (χ3n) is 1.97. The van der Waals surface area contributed by atoms with Crippen LogP contribution in [0.15, 0.2) is 18.2 Å². The van der Waals surface area contributed by atoms with Crippen molar-refractivity contribution >= 4 is 21.4 Å². The lowest BCUT2D eigenvalue weighted by atomic mass is 10.3. The second-order valence-electron chi connectivity index (χ2n) is 3.65. The van der Waals surface area contributed by atoms with Gasteiger partial charge in [-0.05, 0) is 19.9 Å². The highest BCUT2D eigenvalue weighted by Crippen LogP contribution is 2.21. The molecule has 0 spiro atoms. The van der Waals surface area contributed by atoms with Gasteiger partial charge in [-0.2, -0.15) is 0 Å². The Labute approximate surface area is 97.7 Å². The van der Waals surface area contributed by atoms with E-state index in [0.29, 0.717) is 6.07 Å². The second-order valence-corrected chi connectivity index (χ2v) is 5.89. The number of hydrogen-bond donors (Lipinski definition) is 1. The van der Waals surface area contributed by atoms with Gasteiger partial charge in [0.1, 0.15) is 5.82 Å². The minimum atomic E-state index is -3.65. The number of nitro groups is 1. The van der Waals surface area contributed by atoms with E-state index in [9.17, 15) is 22.9 Å². The minimum Gasteiger partial charge on any atom is -0.283 e. The van der Waals surface area contributed by atoms with Crippen LogP contribution in [0.1, 0.15) is 13.8 Å². The highest BCUT2D eigenvalue weighted by molar-refractivity contribution is 7.93. The van der Waals surface area contributed by atoms with Gasteiger partial charge in [-0.25, -0.2) is 12.8 Å². The molecule has 0 aromatic heterocycles. The predicted octanol–water partition coefficient (Wildman–Crippen LogP) is 1.88. The number of nitrogens with zero attached hydrogens (tertiary/aromatic N) is 1. The van der Waals surface area contributed by atoms with Crippen LogP contribution in [-0.2, 0) is 10.0 Å². The van der Waals surface area contributed by atoms with Gasteiger partial charge in [0, 0.05) is 6.07 Å². The number of halogens is 1. The zero-order valence-electron chi connectivity index (χ0n) is 9.18. The van der Waals surface area contributed by atoms with Crippen molar-refractivity contribution in [3.8, 4) is 0 Å². The Morgan fingerprint density at radius 3 is 2.41 bits per heavy atom. The average molecular weight is 262 g/mol. The van der Waals surface area contributed by atoms with Crippen LogP contribution in [0.3, 0.4) is 0 Å². The quantitative estimate of drug-likeness (QED) is 0.662. The van der Waals surface area contributed by atoms with Gasteiger partial charge in [0.15, 0.2) is 0 Å². The van der Waals surface area contributed by atoms with Gasteiger partial charge in [-0.3, -0.25) is 14.8 Å². The first-order chi connectivity index (χ1) is 7.72. The highest BCUT2D eigenvalue weighted by atomic mass is 32.2. The largest absolute Gasteiger partial charge is 0.283 e. The highest BCUT2D eigenvalue weighted by Gasteiger charge is 2.18. The Morgan fingerprint density at radius 2 is 1.94 bits per heavy atom. The molecule has 0 aliphatic rings. The van der Waals surface area contributed by atoms with E-state index < -0.39 is 31.7 Å². The zero-order chi connectivity index (χ0) is 13.2. The van der Waals surface area contributed by atoms with Gasteiger partial charge in [0.2, 0.25) is 10.0 Å². The van der Waals surface area contributed by atoms with E-state index >= 15 is 0 Å². The molecule has 0 saturated carbocycles. The molecule has 8 heteroatoms. The standard InChI is InChI=1S/C9H11FN2O4S/c1-6(2)17(15,16)11-8-3-7(10)4-9(5-8)12(13)14/h3-6,11H,1-2H3. The summed E-state index contributed by atoms with van der Waals surface area (Å²) in [4.78, 5) is 9.67. The second kappa shape index (κ2) is 4.66. The molecule has 0 unspecified atom stereocenters. The molecule has 0 aliphatic carbocycles. The molecular weight excluding hydrogens is 251 g/mol. The van der Waals surface area contributed by atoms with Crippen LogP contribution in [-0.4, -0.2) is 18.6 Å². The maximum absolute atomic E-state index is 13.0. The predicted molar refractivity (Wildman–Crippen MR) is 60.7 cm³/mol. The lowest BCUT2D eigenvalue weighted by Crippen LogP contribution is -2.22. The number of benzene rings is 1. The Kier molecular flexibility index (Phi) is 3.66. The molecule has 0 fully saturated rings. The molecule has 0 radical (unpaired) electrons. The number of anilines is 1. The van der Waals surface area contributed by atoms with Crippen molar-refractivity contribution in [2.75, 3.05) is 4.72 Å². The lowest BCUT2D eigenvalue weighted by molar-refractivity contribution is -0.385. The van der Waals surface area contributed by atoms with Crippen molar-refractivity contribution in [2.45, 2.75) is 19.1 Å². The zero-order valence-corrected chi connectivity index (χ0v) is 9.99. The van der Waals surface area contributed by atoms with E-state index in [0.717, 1.165) is 12.1 Å². The number of nitro benzene ring substituents is 1. The SMILES string of the molecule is CC(C)S(=O)(=O)Nc1cc(F)cc([N+](=O)[O-])c1. The summed E-state index contributed by atoms with van der Waals surface area (Å²) in [6.07, 6.45) is 0. The van der Waals surface area contributed by atoms with E-state index in [2.05, 4.69) is 4.72 Å². The summed E-state index contributed by atoms with van der Waals surface area (Å²) in [5.41, 5.74) is -0.670. The molecular formula is C9H11FN2O4S. The maximum Gasteiger partial charge on any atom is 0.274 e. The summed E-state index contributed by atoms with van der Waals surface area (Å²) in [6, 6.07) is 2.56. The fourth-order valence-electron chi connectivity index (χ4n) is 1.02. The molecule has 0 atom stereocenters. The fourth-order valence-corrected chi connectivity index (χ4v) is 1.70. The summed E-state index contributed by atoms with van der Waals surface area (Å²) in [7, 11) is -3.65. The van der Waals surface area contributed by atoms with Gasteiger partial charge < -0.3 is 0 Å². The normalized spacial score (nSPS) is 11.5. The van der Waals surface area contributed by atoms with Gasteiger partial charge in [-0.15, -0.1) is 0 Å². The van der Waals surface area contributed by atoms with Crippen LogP contribution in [0.4, 0.5) is 15.8 Å². The van der Waals surface area contributed by atoms with Crippen molar-refractivity contribution in [1.82, 2.24) is 0 Å². The molecule has 17 heavy (non-hydrogen) atoms.